The fraction of sp³-hybridized carbons (Fsp3) is 0.286. The van der Waals surface area contributed by atoms with Crippen molar-refractivity contribution >= 4 is 29.3 Å². The number of anilines is 1. The van der Waals surface area contributed by atoms with E-state index in [0.717, 1.165) is 16.7 Å². The number of benzene rings is 2. The first-order valence-electron chi connectivity index (χ1n) is 11.8. The minimum atomic E-state index is -0.686. The van der Waals surface area contributed by atoms with Crippen molar-refractivity contribution < 1.29 is 23.9 Å². The molecule has 1 N–H and O–H groups in total. The van der Waals surface area contributed by atoms with Gasteiger partial charge in [0.15, 0.2) is 6.61 Å². The van der Waals surface area contributed by atoms with E-state index in [-0.39, 0.29) is 36.4 Å². The molecule has 192 valence electrons. The molecule has 0 aromatic heterocycles. The quantitative estimate of drug-likeness (QED) is 0.634. The zero-order chi connectivity index (χ0) is 27.2. The number of fused-ring (bicyclic) bond motifs is 2. The number of rotatable bonds is 5. The van der Waals surface area contributed by atoms with Gasteiger partial charge in [-0.2, -0.15) is 0 Å². The van der Waals surface area contributed by atoms with E-state index in [0.29, 0.717) is 17.0 Å². The summed E-state index contributed by atoms with van der Waals surface area (Å²) in [6.07, 6.45) is 0. The molecule has 2 aliphatic heterocycles. The van der Waals surface area contributed by atoms with Gasteiger partial charge in [-0.25, -0.2) is 0 Å². The molecule has 0 radical (unpaired) electrons. The van der Waals surface area contributed by atoms with Crippen LogP contribution in [-0.4, -0.2) is 59.7 Å². The van der Waals surface area contributed by atoms with Crippen molar-refractivity contribution in [1.82, 2.24) is 15.1 Å². The third-order valence-electron chi connectivity index (χ3n) is 6.75. The van der Waals surface area contributed by atoms with Gasteiger partial charge in [0.05, 0.1) is 17.9 Å². The number of nitrogens with zero attached hydrogens (tertiary/aromatic N) is 3. The third kappa shape index (κ3) is 4.60. The van der Waals surface area contributed by atoms with E-state index in [9.17, 15) is 19.2 Å². The van der Waals surface area contributed by atoms with E-state index in [1.54, 1.807) is 37.2 Å². The van der Waals surface area contributed by atoms with Crippen molar-refractivity contribution in [2.24, 2.45) is 0 Å². The smallest absolute Gasteiger partial charge is 0.271 e. The molecule has 2 aliphatic rings. The van der Waals surface area contributed by atoms with Gasteiger partial charge in [0.2, 0.25) is 0 Å². The molecule has 0 aliphatic carbocycles. The zero-order valence-electron chi connectivity index (χ0n) is 21.7. The molecule has 2 aromatic rings. The predicted octanol–water partition coefficient (Wildman–Crippen LogP) is 3.07. The molecule has 0 bridgehead atoms. The van der Waals surface area contributed by atoms with Crippen LogP contribution >= 0.6 is 0 Å². The fourth-order valence-electron chi connectivity index (χ4n) is 4.15. The number of ether oxygens (including phenoxy) is 1. The number of likely N-dealkylation sites (N-methyl/N-ethyl adjacent to an activating group) is 2. The highest BCUT2D eigenvalue weighted by molar-refractivity contribution is 6.08. The molecule has 9 nitrogen and oxygen atoms in total. The Hall–Kier alpha value is -4.40. The van der Waals surface area contributed by atoms with Crippen LogP contribution < -0.4 is 15.0 Å². The molecular weight excluding hydrogens is 472 g/mol. The van der Waals surface area contributed by atoms with Crippen LogP contribution in [0.3, 0.4) is 0 Å². The third-order valence-corrected chi connectivity index (χ3v) is 6.75. The Morgan fingerprint density at radius 1 is 1.08 bits per heavy atom. The Morgan fingerprint density at radius 3 is 2.43 bits per heavy atom. The van der Waals surface area contributed by atoms with Crippen molar-refractivity contribution in [3.05, 3.63) is 72.1 Å². The SMILES string of the molecule is C=C(NC(=O)C(=C)N1Cc2c(cccc2-c2ccc3c(c2)N(C)C(=O)CO3)C1=O)C(=O)N(C)C(C)(C)C. The highest BCUT2D eigenvalue weighted by atomic mass is 16.5. The summed E-state index contributed by atoms with van der Waals surface area (Å²) in [6.45, 7) is 13.2. The number of carbonyl (C=O) groups is 4. The van der Waals surface area contributed by atoms with Gasteiger partial charge < -0.3 is 19.9 Å². The molecule has 2 heterocycles. The van der Waals surface area contributed by atoms with E-state index >= 15 is 0 Å². The minimum Gasteiger partial charge on any atom is -0.482 e. The van der Waals surface area contributed by atoms with Crippen LogP contribution in [0.2, 0.25) is 0 Å². The van der Waals surface area contributed by atoms with Gasteiger partial charge in [0, 0.05) is 25.2 Å². The zero-order valence-corrected chi connectivity index (χ0v) is 21.7. The van der Waals surface area contributed by atoms with Gasteiger partial charge in [-0.3, -0.25) is 24.1 Å². The lowest BCUT2D eigenvalue weighted by Crippen LogP contribution is -2.46. The second kappa shape index (κ2) is 9.24. The highest BCUT2D eigenvalue weighted by Gasteiger charge is 2.34. The van der Waals surface area contributed by atoms with Gasteiger partial charge in [0.25, 0.3) is 23.6 Å². The fourth-order valence-corrected chi connectivity index (χ4v) is 4.15. The Bertz CT molecular complexity index is 1370. The lowest BCUT2D eigenvalue weighted by atomic mass is 9.96. The summed E-state index contributed by atoms with van der Waals surface area (Å²) in [5.74, 6) is -1.04. The van der Waals surface area contributed by atoms with Crippen LogP contribution in [0.5, 0.6) is 5.75 Å². The molecule has 4 rings (SSSR count). The van der Waals surface area contributed by atoms with Crippen molar-refractivity contribution in [2.75, 3.05) is 25.6 Å². The van der Waals surface area contributed by atoms with Crippen molar-refractivity contribution in [3.8, 4) is 16.9 Å². The average molecular weight is 503 g/mol. The first kappa shape index (κ1) is 25.7. The molecule has 0 fully saturated rings. The summed E-state index contributed by atoms with van der Waals surface area (Å²) in [6, 6.07) is 10.9. The molecule has 2 aromatic carbocycles. The van der Waals surface area contributed by atoms with E-state index in [2.05, 4.69) is 18.5 Å². The first-order valence-corrected chi connectivity index (χ1v) is 11.8. The Kier molecular flexibility index (Phi) is 6.41. The molecule has 4 amide bonds. The molecule has 0 atom stereocenters. The minimum absolute atomic E-state index is 0.0122. The van der Waals surface area contributed by atoms with Gasteiger partial charge in [0.1, 0.15) is 11.4 Å². The van der Waals surface area contributed by atoms with Crippen LogP contribution in [0.4, 0.5) is 5.69 Å². The van der Waals surface area contributed by atoms with Gasteiger partial charge in [-0.1, -0.05) is 31.4 Å². The molecule has 0 saturated heterocycles. The Morgan fingerprint density at radius 2 is 1.76 bits per heavy atom. The van der Waals surface area contributed by atoms with Crippen LogP contribution in [0.25, 0.3) is 11.1 Å². The normalized spacial score (nSPS) is 14.5. The first-order chi connectivity index (χ1) is 17.3. The second-order valence-electron chi connectivity index (χ2n) is 10.1. The monoisotopic (exact) mass is 502 g/mol. The molecule has 0 spiro atoms. The summed E-state index contributed by atoms with van der Waals surface area (Å²) in [5, 5.41) is 2.48. The molecule has 0 unspecified atom stereocenters. The van der Waals surface area contributed by atoms with Gasteiger partial charge in [-0.15, -0.1) is 0 Å². The average Bonchev–Trinajstić information content (AvgIpc) is 3.20. The lowest BCUT2D eigenvalue weighted by Gasteiger charge is -2.32. The van der Waals surface area contributed by atoms with Crippen LogP contribution in [0.1, 0.15) is 36.7 Å². The van der Waals surface area contributed by atoms with E-state index in [1.807, 2.05) is 39.0 Å². The van der Waals surface area contributed by atoms with Crippen molar-refractivity contribution in [3.63, 3.8) is 0 Å². The Balaban J connectivity index is 1.56. The van der Waals surface area contributed by atoms with Crippen molar-refractivity contribution in [2.45, 2.75) is 32.9 Å². The highest BCUT2D eigenvalue weighted by Crippen LogP contribution is 2.39. The van der Waals surface area contributed by atoms with Crippen LogP contribution in [-0.2, 0) is 20.9 Å². The summed E-state index contributed by atoms with van der Waals surface area (Å²) in [4.78, 5) is 55.2. The van der Waals surface area contributed by atoms with Crippen LogP contribution in [0.15, 0.2) is 61.0 Å². The summed E-state index contributed by atoms with van der Waals surface area (Å²) < 4.78 is 5.52. The molecule has 9 heteroatoms. The number of hydrogen-bond acceptors (Lipinski definition) is 5. The molecular formula is C28H30N4O5. The van der Waals surface area contributed by atoms with E-state index in [4.69, 9.17) is 4.74 Å². The van der Waals surface area contributed by atoms with E-state index in [1.165, 1.54) is 9.80 Å². The largest absolute Gasteiger partial charge is 0.482 e. The topological polar surface area (TPSA) is 99.3 Å². The van der Waals surface area contributed by atoms with E-state index < -0.39 is 17.4 Å². The molecule has 0 saturated carbocycles. The summed E-state index contributed by atoms with van der Waals surface area (Å²) in [5.41, 5.74) is 2.75. The number of carbonyl (C=O) groups excluding carboxylic acids is 4. The van der Waals surface area contributed by atoms with Gasteiger partial charge in [-0.05, 0) is 55.7 Å². The summed E-state index contributed by atoms with van der Waals surface area (Å²) in [7, 11) is 3.31. The van der Waals surface area contributed by atoms with Crippen molar-refractivity contribution in [1.29, 1.82) is 0 Å². The number of nitrogens with one attached hydrogen (secondary N) is 1. The lowest BCUT2D eigenvalue weighted by molar-refractivity contribution is -0.131. The standard InChI is InChI=1S/C28H30N4O5/c1-16(26(35)31(7)28(3,4)5)29-25(34)17(2)32-14-21-19(9-8-10-20(21)27(32)36)18-11-12-23-22(13-18)30(6)24(33)15-37-23/h8-13H,1-2,14-15H2,3-7H3,(H,29,34). The van der Waals surface area contributed by atoms with Gasteiger partial charge >= 0.3 is 0 Å². The summed E-state index contributed by atoms with van der Waals surface area (Å²) >= 11 is 0. The second-order valence-corrected chi connectivity index (χ2v) is 10.1. The van der Waals surface area contributed by atoms with Crippen LogP contribution in [0, 0.1) is 0 Å². The maximum atomic E-state index is 13.2. The number of hydrogen-bond donors (Lipinski definition) is 1. The Labute approximate surface area is 216 Å². The maximum absolute atomic E-state index is 13.2. The maximum Gasteiger partial charge on any atom is 0.271 e. The molecule has 37 heavy (non-hydrogen) atoms. The number of amides is 4. The predicted molar refractivity (Wildman–Crippen MR) is 140 cm³/mol.